The highest BCUT2D eigenvalue weighted by Crippen LogP contribution is 2.37. The van der Waals surface area contributed by atoms with Gasteiger partial charge in [0.2, 0.25) is 0 Å². The number of ether oxygens (including phenoxy) is 3. The van der Waals surface area contributed by atoms with Crippen LogP contribution < -0.4 is 24.4 Å². The molecule has 3 aromatic carbocycles. The third kappa shape index (κ3) is 5.43. The molecule has 1 aliphatic rings. The Balaban J connectivity index is 1.53. The summed E-state index contributed by atoms with van der Waals surface area (Å²) in [6, 6.07) is 17.6. The summed E-state index contributed by atoms with van der Waals surface area (Å²) in [6.45, 7) is 2.01. The van der Waals surface area contributed by atoms with Crippen LogP contribution in [-0.4, -0.2) is 24.8 Å². The maximum Gasteiger partial charge on any atom is 0.338 e. The van der Waals surface area contributed by atoms with Gasteiger partial charge >= 0.3 is 5.97 Å². The van der Waals surface area contributed by atoms with Crippen LogP contribution in [0.5, 0.6) is 11.5 Å². The number of rotatable bonds is 7. The molecule has 0 bridgehead atoms. The second-order valence-electron chi connectivity index (χ2n) is 8.94. The second-order valence-corrected chi connectivity index (χ2v) is 10.4. The monoisotopic (exact) mass is 578 g/mol. The molecule has 1 atom stereocenters. The summed E-state index contributed by atoms with van der Waals surface area (Å²) in [5, 5.41) is 0.429. The zero-order valence-corrected chi connectivity index (χ0v) is 23.4. The van der Waals surface area contributed by atoms with Crippen molar-refractivity contribution in [2.24, 2.45) is 4.99 Å². The number of carbonyl (C=O) groups excluding carboxylic acids is 1. The number of nitrogens with zero attached hydrogens (tertiary/aromatic N) is 2. The van der Waals surface area contributed by atoms with Gasteiger partial charge in [-0.15, -0.1) is 0 Å². The maximum atomic E-state index is 13.8. The van der Waals surface area contributed by atoms with Gasteiger partial charge in [-0.3, -0.25) is 9.36 Å². The van der Waals surface area contributed by atoms with E-state index in [9.17, 15) is 14.0 Å². The molecule has 0 N–H and O–H groups in total. The first kappa shape index (κ1) is 27.4. The maximum absolute atomic E-state index is 13.8. The minimum absolute atomic E-state index is 0.227. The lowest BCUT2D eigenvalue weighted by Gasteiger charge is -2.25. The van der Waals surface area contributed by atoms with E-state index in [0.29, 0.717) is 43.7 Å². The van der Waals surface area contributed by atoms with Crippen molar-refractivity contribution in [1.29, 1.82) is 0 Å². The van der Waals surface area contributed by atoms with Crippen LogP contribution in [-0.2, 0) is 16.1 Å². The number of aromatic nitrogens is 1. The Morgan fingerprint density at radius 1 is 1.10 bits per heavy atom. The topological polar surface area (TPSA) is 79.1 Å². The molecule has 0 unspecified atom stereocenters. The van der Waals surface area contributed by atoms with Crippen LogP contribution in [0.2, 0.25) is 5.02 Å². The fourth-order valence-corrected chi connectivity index (χ4v) is 5.69. The van der Waals surface area contributed by atoms with Crippen LogP contribution >= 0.6 is 22.9 Å². The number of hydrogen-bond acceptors (Lipinski definition) is 7. The average molecular weight is 579 g/mol. The minimum atomic E-state index is -0.846. The Morgan fingerprint density at radius 3 is 2.50 bits per heavy atom. The highest BCUT2D eigenvalue weighted by molar-refractivity contribution is 7.07. The van der Waals surface area contributed by atoms with Gasteiger partial charge in [-0.2, -0.15) is 0 Å². The minimum Gasteiger partial charge on any atom is -0.496 e. The molecule has 0 radical (unpaired) electrons. The molecular weight excluding hydrogens is 555 g/mol. The lowest BCUT2D eigenvalue weighted by atomic mass is 9.95. The van der Waals surface area contributed by atoms with E-state index in [1.807, 2.05) is 12.1 Å². The fourth-order valence-electron chi connectivity index (χ4n) is 4.46. The molecule has 0 amide bonds. The number of halogens is 2. The third-order valence-electron chi connectivity index (χ3n) is 6.41. The fraction of sp³-hybridized carbons (Fsp3) is 0.167. The quantitative estimate of drug-likeness (QED) is 0.295. The van der Waals surface area contributed by atoms with Crippen molar-refractivity contribution in [3.8, 4) is 11.5 Å². The molecule has 0 aliphatic carbocycles. The largest absolute Gasteiger partial charge is 0.496 e. The Kier molecular flexibility index (Phi) is 7.86. The van der Waals surface area contributed by atoms with Gasteiger partial charge in [-0.05, 0) is 66.6 Å². The molecule has 1 aliphatic heterocycles. The van der Waals surface area contributed by atoms with Gasteiger partial charge in [0, 0.05) is 10.6 Å². The standard InChI is InChI=1S/C30H24ClFN2O5S/c1-17-26(29(36)38-3)27(23-15-20(31)8-13-24(23)37-2)34-28(35)25(40-30(34)33-17)14-18-6-11-22(12-7-18)39-16-19-4-9-21(32)10-5-19/h4-15,27H,16H2,1-3H3/b25-14-/t27-/m0/s1. The number of thiazole rings is 1. The Hall–Kier alpha value is -4.21. The van der Waals surface area contributed by atoms with Crippen molar-refractivity contribution in [3.05, 3.63) is 125 Å². The molecule has 1 aromatic heterocycles. The molecule has 40 heavy (non-hydrogen) atoms. The number of methoxy groups -OCH3 is 2. The van der Waals surface area contributed by atoms with E-state index in [4.69, 9.17) is 25.8 Å². The highest BCUT2D eigenvalue weighted by Gasteiger charge is 2.35. The molecule has 0 spiro atoms. The SMILES string of the molecule is COC(=O)C1=C(C)N=c2s/c(=C\c3ccc(OCc4ccc(F)cc4)cc3)c(=O)n2[C@H]1c1cc(Cl)ccc1OC. The van der Waals surface area contributed by atoms with Crippen molar-refractivity contribution in [1.82, 2.24) is 4.57 Å². The van der Waals surface area contributed by atoms with Crippen molar-refractivity contribution >= 4 is 35.0 Å². The smallest absolute Gasteiger partial charge is 0.338 e. The molecular formula is C30H24ClFN2O5S. The molecule has 5 rings (SSSR count). The van der Waals surface area contributed by atoms with Gasteiger partial charge < -0.3 is 14.2 Å². The summed E-state index contributed by atoms with van der Waals surface area (Å²) >= 11 is 7.54. The molecule has 0 saturated carbocycles. The first-order chi connectivity index (χ1) is 19.3. The Morgan fingerprint density at radius 2 is 1.82 bits per heavy atom. The van der Waals surface area contributed by atoms with Gasteiger partial charge in [-0.25, -0.2) is 14.2 Å². The summed E-state index contributed by atoms with van der Waals surface area (Å²) in [5.41, 5.74) is 2.51. The van der Waals surface area contributed by atoms with Crippen LogP contribution in [0.25, 0.3) is 6.08 Å². The Labute approximate surface area is 238 Å². The lowest BCUT2D eigenvalue weighted by molar-refractivity contribution is -0.136. The van der Waals surface area contributed by atoms with Gasteiger partial charge in [0.15, 0.2) is 4.80 Å². The van der Waals surface area contributed by atoms with E-state index in [2.05, 4.69) is 4.99 Å². The summed E-state index contributed by atoms with van der Waals surface area (Å²) < 4.78 is 31.4. The highest BCUT2D eigenvalue weighted by atomic mass is 35.5. The number of carbonyl (C=O) groups is 1. The molecule has 2 heterocycles. The zero-order valence-electron chi connectivity index (χ0n) is 21.8. The summed E-state index contributed by atoms with van der Waals surface area (Å²) in [5.74, 6) is 0.206. The normalized spacial score (nSPS) is 14.9. The molecule has 0 fully saturated rings. The van der Waals surface area contributed by atoms with Gasteiger partial charge in [0.25, 0.3) is 5.56 Å². The number of allylic oxidation sites excluding steroid dienone is 1. The van der Waals surface area contributed by atoms with Crippen molar-refractivity contribution in [3.63, 3.8) is 0 Å². The predicted octanol–water partition coefficient (Wildman–Crippen LogP) is 4.79. The van der Waals surface area contributed by atoms with Crippen molar-refractivity contribution < 1.29 is 23.4 Å². The molecule has 7 nitrogen and oxygen atoms in total. The number of esters is 1. The van der Waals surface area contributed by atoms with Gasteiger partial charge in [-0.1, -0.05) is 47.2 Å². The van der Waals surface area contributed by atoms with E-state index in [-0.39, 0.29) is 16.9 Å². The molecule has 0 saturated heterocycles. The van der Waals surface area contributed by atoms with Crippen molar-refractivity contribution in [2.75, 3.05) is 14.2 Å². The van der Waals surface area contributed by atoms with Crippen LogP contribution in [0, 0.1) is 5.82 Å². The summed E-state index contributed by atoms with van der Waals surface area (Å²) in [7, 11) is 2.80. The first-order valence-corrected chi connectivity index (χ1v) is 13.4. The molecule has 204 valence electrons. The zero-order chi connectivity index (χ0) is 28.4. The van der Waals surface area contributed by atoms with Crippen LogP contribution in [0.1, 0.15) is 29.7 Å². The van der Waals surface area contributed by atoms with Crippen LogP contribution in [0.4, 0.5) is 4.39 Å². The molecule has 10 heteroatoms. The van der Waals surface area contributed by atoms with E-state index in [1.165, 1.54) is 42.3 Å². The number of hydrogen-bond donors (Lipinski definition) is 0. The van der Waals surface area contributed by atoms with E-state index >= 15 is 0 Å². The van der Waals surface area contributed by atoms with Gasteiger partial charge in [0.1, 0.15) is 30.0 Å². The van der Waals surface area contributed by atoms with Gasteiger partial charge in [0.05, 0.1) is 30.0 Å². The second kappa shape index (κ2) is 11.5. The average Bonchev–Trinajstić information content (AvgIpc) is 3.26. The van der Waals surface area contributed by atoms with Crippen LogP contribution in [0.3, 0.4) is 0 Å². The predicted molar refractivity (Wildman–Crippen MR) is 151 cm³/mol. The van der Waals surface area contributed by atoms with E-state index in [0.717, 1.165) is 11.1 Å². The van der Waals surface area contributed by atoms with Crippen molar-refractivity contribution in [2.45, 2.75) is 19.6 Å². The first-order valence-electron chi connectivity index (χ1n) is 12.2. The van der Waals surface area contributed by atoms with E-state index < -0.39 is 12.0 Å². The lowest BCUT2D eigenvalue weighted by Crippen LogP contribution is -2.40. The number of fused-ring (bicyclic) bond motifs is 1. The summed E-state index contributed by atoms with van der Waals surface area (Å²) in [4.78, 5) is 31.7. The van der Waals surface area contributed by atoms with Crippen LogP contribution in [0.15, 0.2) is 87.8 Å². The Bertz CT molecular complexity index is 1790. The summed E-state index contributed by atoms with van der Waals surface area (Å²) in [6.07, 6.45) is 1.76. The third-order valence-corrected chi connectivity index (χ3v) is 7.63. The number of benzene rings is 3. The molecule has 4 aromatic rings. The van der Waals surface area contributed by atoms with E-state index in [1.54, 1.807) is 55.5 Å².